The van der Waals surface area contributed by atoms with Crippen molar-refractivity contribution >= 4 is 27.5 Å². The highest BCUT2D eigenvalue weighted by Crippen LogP contribution is 2.26. The molecule has 0 atom stereocenters. The molecule has 1 saturated heterocycles. The Hall–Kier alpha value is -0.130. The van der Waals surface area contributed by atoms with Gasteiger partial charge in [-0.15, -0.1) is 0 Å². The molecule has 0 amide bonds. The lowest BCUT2D eigenvalue weighted by atomic mass is 9.87. The molecule has 5 heteroatoms. The number of aliphatic hydroxyl groups excluding tert-OH is 1. The van der Waals surface area contributed by atoms with E-state index in [1.807, 2.05) is 18.2 Å². The van der Waals surface area contributed by atoms with E-state index in [2.05, 4.69) is 21.2 Å². The second kappa shape index (κ2) is 5.67. The van der Waals surface area contributed by atoms with Gasteiger partial charge in [0.1, 0.15) is 0 Å². The molecule has 0 bridgehead atoms. The normalized spacial score (nSPS) is 17.8. The van der Waals surface area contributed by atoms with Crippen molar-refractivity contribution < 1.29 is 9.84 Å². The molecule has 0 aromatic heterocycles. The van der Waals surface area contributed by atoms with Gasteiger partial charge in [0.2, 0.25) is 0 Å². The summed E-state index contributed by atoms with van der Waals surface area (Å²) in [6.07, 6.45) is 0. The van der Waals surface area contributed by atoms with Crippen molar-refractivity contribution in [2.45, 2.75) is 6.54 Å². The SMILES string of the molecule is OCC1(CNCc2cc(Cl)ccc2Br)COC1. The molecule has 0 radical (unpaired) electrons. The van der Waals surface area contributed by atoms with Crippen LogP contribution in [0.1, 0.15) is 5.56 Å². The summed E-state index contributed by atoms with van der Waals surface area (Å²) in [6, 6.07) is 5.72. The number of hydrogen-bond acceptors (Lipinski definition) is 3. The highest BCUT2D eigenvalue weighted by atomic mass is 79.9. The fraction of sp³-hybridized carbons (Fsp3) is 0.500. The monoisotopic (exact) mass is 319 g/mol. The van der Waals surface area contributed by atoms with Gasteiger partial charge in [-0.2, -0.15) is 0 Å². The van der Waals surface area contributed by atoms with E-state index in [1.54, 1.807) is 0 Å². The summed E-state index contributed by atoms with van der Waals surface area (Å²) >= 11 is 9.43. The molecular formula is C12H15BrClNO2. The van der Waals surface area contributed by atoms with Gasteiger partial charge in [0.15, 0.2) is 0 Å². The summed E-state index contributed by atoms with van der Waals surface area (Å²) in [5.74, 6) is 0. The molecule has 17 heavy (non-hydrogen) atoms. The van der Waals surface area contributed by atoms with Crippen LogP contribution in [0.25, 0.3) is 0 Å². The van der Waals surface area contributed by atoms with E-state index >= 15 is 0 Å². The zero-order chi connectivity index (χ0) is 12.3. The number of rotatable bonds is 5. The van der Waals surface area contributed by atoms with E-state index in [0.717, 1.165) is 28.1 Å². The summed E-state index contributed by atoms with van der Waals surface area (Å²) in [6.45, 7) is 2.91. The van der Waals surface area contributed by atoms with Gasteiger partial charge in [0, 0.05) is 22.6 Å². The van der Waals surface area contributed by atoms with Crippen molar-refractivity contribution in [3.63, 3.8) is 0 Å². The minimum atomic E-state index is -0.0922. The second-order valence-electron chi connectivity index (χ2n) is 4.49. The van der Waals surface area contributed by atoms with Crippen LogP contribution in [0.2, 0.25) is 5.02 Å². The number of nitrogens with one attached hydrogen (secondary N) is 1. The third kappa shape index (κ3) is 3.20. The quantitative estimate of drug-likeness (QED) is 0.874. The maximum atomic E-state index is 9.28. The van der Waals surface area contributed by atoms with Gasteiger partial charge in [-0.1, -0.05) is 27.5 Å². The average Bonchev–Trinajstić information content (AvgIpc) is 2.27. The fourth-order valence-corrected chi connectivity index (χ4v) is 2.36. The molecule has 0 saturated carbocycles. The molecule has 3 nitrogen and oxygen atoms in total. The second-order valence-corrected chi connectivity index (χ2v) is 5.78. The van der Waals surface area contributed by atoms with Gasteiger partial charge in [-0.3, -0.25) is 0 Å². The van der Waals surface area contributed by atoms with Crippen LogP contribution < -0.4 is 5.32 Å². The van der Waals surface area contributed by atoms with Crippen molar-refractivity contribution in [1.29, 1.82) is 0 Å². The molecule has 0 aliphatic carbocycles. The van der Waals surface area contributed by atoms with Crippen molar-refractivity contribution in [3.05, 3.63) is 33.3 Å². The fourth-order valence-electron chi connectivity index (χ4n) is 1.78. The zero-order valence-electron chi connectivity index (χ0n) is 9.38. The third-order valence-electron chi connectivity index (χ3n) is 2.98. The van der Waals surface area contributed by atoms with Crippen LogP contribution in [0.5, 0.6) is 0 Å². The predicted octanol–water partition coefficient (Wildman–Crippen LogP) is 2.20. The molecular weight excluding hydrogens is 305 g/mol. The topological polar surface area (TPSA) is 41.5 Å². The summed E-state index contributed by atoms with van der Waals surface area (Å²) < 4.78 is 6.18. The van der Waals surface area contributed by atoms with Crippen LogP contribution in [-0.2, 0) is 11.3 Å². The standard InChI is InChI=1S/C12H15BrClNO2/c13-11-2-1-10(14)3-9(11)4-15-5-12(6-16)7-17-8-12/h1-3,15-16H,4-8H2. The minimum absolute atomic E-state index is 0.0922. The Kier molecular flexibility index (Phi) is 4.44. The summed E-state index contributed by atoms with van der Waals surface area (Å²) in [5, 5.41) is 13.3. The van der Waals surface area contributed by atoms with Crippen LogP contribution >= 0.6 is 27.5 Å². The molecule has 1 aliphatic heterocycles. The first-order chi connectivity index (χ1) is 8.15. The molecule has 94 valence electrons. The first-order valence-corrected chi connectivity index (χ1v) is 6.66. The zero-order valence-corrected chi connectivity index (χ0v) is 11.7. The average molecular weight is 321 g/mol. The van der Waals surface area contributed by atoms with Crippen LogP contribution in [-0.4, -0.2) is 31.5 Å². The van der Waals surface area contributed by atoms with Crippen molar-refractivity contribution in [2.24, 2.45) is 5.41 Å². The number of hydrogen-bond donors (Lipinski definition) is 2. The molecule has 1 heterocycles. The molecule has 1 aliphatic rings. The van der Waals surface area contributed by atoms with Gasteiger partial charge >= 0.3 is 0 Å². The Morgan fingerprint density at radius 1 is 1.47 bits per heavy atom. The largest absolute Gasteiger partial charge is 0.396 e. The minimum Gasteiger partial charge on any atom is -0.396 e. The van der Waals surface area contributed by atoms with Gasteiger partial charge < -0.3 is 15.2 Å². The van der Waals surface area contributed by atoms with Crippen molar-refractivity contribution in [3.8, 4) is 0 Å². The lowest BCUT2D eigenvalue weighted by Crippen LogP contribution is -2.52. The van der Waals surface area contributed by atoms with E-state index in [1.165, 1.54) is 0 Å². The highest BCUT2D eigenvalue weighted by Gasteiger charge is 2.37. The molecule has 1 fully saturated rings. The molecule has 0 spiro atoms. The molecule has 1 aromatic carbocycles. The molecule has 1 aromatic rings. The van der Waals surface area contributed by atoms with E-state index < -0.39 is 0 Å². The maximum absolute atomic E-state index is 9.28. The first kappa shape index (κ1) is 13.3. The van der Waals surface area contributed by atoms with Crippen LogP contribution in [0.4, 0.5) is 0 Å². The third-order valence-corrected chi connectivity index (χ3v) is 3.98. The van der Waals surface area contributed by atoms with Crippen molar-refractivity contribution in [1.82, 2.24) is 5.32 Å². The van der Waals surface area contributed by atoms with Gasteiger partial charge in [0.05, 0.1) is 25.2 Å². The number of halogens is 2. The molecule has 2 N–H and O–H groups in total. The Bertz CT molecular complexity index is 391. The van der Waals surface area contributed by atoms with E-state index in [0.29, 0.717) is 13.2 Å². The predicted molar refractivity (Wildman–Crippen MR) is 71.2 cm³/mol. The van der Waals surface area contributed by atoms with Crippen LogP contribution in [0.3, 0.4) is 0 Å². The van der Waals surface area contributed by atoms with Crippen LogP contribution in [0, 0.1) is 5.41 Å². The summed E-state index contributed by atoms with van der Waals surface area (Å²) in [5.41, 5.74) is 1.02. The van der Waals surface area contributed by atoms with Gasteiger partial charge in [0.25, 0.3) is 0 Å². The lowest BCUT2D eigenvalue weighted by molar-refractivity contribution is -0.134. The number of aliphatic hydroxyl groups is 1. The lowest BCUT2D eigenvalue weighted by Gasteiger charge is -2.40. The van der Waals surface area contributed by atoms with E-state index in [-0.39, 0.29) is 12.0 Å². The maximum Gasteiger partial charge on any atom is 0.0579 e. The number of benzene rings is 1. The Balaban J connectivity index is 1.87. The number of ether oxygens (including phenoxy) is 1. The van der Waals surface area contributed by atoms with E-state index in [4.69, 9.17) is 16.3 Å². The summed E-state index contributed by atoms with van der Waals surface area (Å²) in [4.78, 5) is 0. The first-order valence-electron chi connectivity index (χ1n) is 5.48. The molecule has 0 unspecified atom stereocenters. The highest BCUT2D eigenvalue weighted by molar-refractivity contribution is 9.10. The smallest absolute Gasteiger partial charge is 0.0579 e. The van der Waals surface area contributed by atoms with Crippen LogP contribution in [0.15, 0.2) is 22.7 Å². The summed E-state index contributed by atoms with van der Waals surface area (Å²) in [7, 11) is 0. The Morgan fingerprint density at radius 2 is 2.24 bits per heavy atom. The Morgan fingerprint density at radius 3 is 2.82 bits per heavy atom. The molecule has 2 rings (SSSR count). The van der Waals surface area contributed by atoms with Gasteiger partial charge in [-0.05, 0) is 23.8 Å². The van der Waals surface area contributed by atoms with Gasteiger partial charge in [-0.25, -0.2) is 0 Å². The van der Waals surface area contributed by atoms with Crippen molar-refractivity contribution in [2.75, 3.05) is 26.4 Å². The Labute approximate surface area is 114 Å². The van der Waals surface area contributed by atoms with E-state index in [9.17, 15) is 5.11 Å².